The van der Waals surface area contributed by atoms with Gasteiger partial charge in [-0.05, 0) is 34.8 Å². The van der Waals surface area contributed by atoms with Crippen molar-refractivity contribution in [1.82, 2.24) is 4.90 Å². The molecule has 0 radical (unpaired) electrons. The minimum absolute atomic E-state index is 0.0290. The van der Waals surface area contributed by atoms with Gasteiger partial charge in [0.1, 0.15) is 0 Å². The first kappa shape index (κ1) is 10.7. The summed E-state index contributed by atoms with van der Waals surface area (Å²) in [6, 6.07) is 1.60. The molecule has 1 aliphatic rings. The van der Waals surface area contributed by atoms with Gasteiger partial charge in [-0.25, -0.2) is 0 Å². The molecule has 0 saturated carbocycles. The Morgan fingerprint density at radius 1 is 1.73 bits per heavy atom. The second-order valence-electron chi connectivity index (χ2n) is 3.59. The molecule has 2 rings (SSSR count). The number of rotatable bonds is 2. The Kier molecular flexibility index (Phi) is 3.11. The maximum Gasteiger partial charge on any atom is 0.258 e. The largest absolute Gasteiger partial charge is 0.457 e. The van der Waals surface area contributed by atoms with Crippen molar-refractivity contribution in [3.05, 3.63) is 22.6 Å². The third-order valence-electron chi connectivity index (χ3n) is 2.70. The SMILES string of the molecule is O=C(c1ccoc1Br)N1CCC[C@@H]1CO. The van der Waals surface area contributed by atoms with Gasteiger partial charge in [0.05, 0.1) is 24.5 Å². The van der Waals surface area contributed by atoms with Gasteiger partial charge in [-0.2, -0.15) is 0 Å². The molecule has 1 amide bonds. The van der Waals surface area contributed by atoms with Crippen LogP contribution in [0.5, 0.6) is 0 Å². The summed E-state index contributed by atoms with van der Waals surface area (Å²) in [5.74, 6) is -0.0767. The first-order valence-electron chi connectivity index (χ1n) is 4.89. The number of carbonyl (C=O) groups excluding carboxylic acids is 1. The molecule has 4 nitrogen and oxygen atoms in total. The number of aliphatic hydroxyl groups excluding tert-OH is 1. The van der Waals surface area contributed by atoms with Crippen LogP contribution in [-0.4, -0.2) is 35.1 Å². The molecule has 1 aromatic heterocycles. The molecule has 15 heavy (non-hydrogen) atoms. The van der Waals surface area contributed by atoms with E-state index < -0.39 is 0 Å². The minimum Gasteiger partial charge on any atom is -0.457 e. The lowest BCUT2D eigenvalue weighted by Gasteiger charge is -2.22. The van der Waals surface area contributed by atoms with E-state index in [0.29, 0.717) is 16.8 Å². The fourth-order valence-corrected chi connectivity index (χ4v) is 2.30. The average Bonchev–Trinajstić information content (AvgIpc) is 2.84. The molecule has 1 fully saturated rings. The number of hydrogen-bond donors (Lipinski definition) is 1. The van der Waals surface area contributed by atoms with Crippen LogP contribution in [0.1, 0.15) is 23.2 Å². The fourth-order valence-electron chi connectivity index (χ4n) is 1.89. The van der Waals surface area contributed by atoms with Crippen molar-refractivity contribution >= 4 is 21.8 Å². The molecule has 0 unspecified atom stereocenters. The number of halogens is 1. The van der Waals surface area contributed by atoms with Gasteiger partial charge in [-0.1, -0.05) is 0 Å². The Bertz CT molecular complexity index is 363. The van der Waals surface area contributed by atoms with Gasteiger partial charge in [0, 0.05) is 6.54 Å². The number of aliphatic hydroxyl groups is 1. The summed E-state index contributed by atoms with van der Waals surface area (Å²) < 4.78 is 5.48. The van der Waals surface area contributed by atoms with Gasteiger partial charge in [-0.3, -0.25) is 4.79 Å². The van der Waals surface area contributed by atoms with Gasteiger partial charge in [0.25, 0.3) is 5.91 Å². The second kappa shape index (κ2) is 4.37. The average molecular weight is 274 g/mol. The van der Waals surface area contributed by atoms with Crippen molar-refractivity contribution < 1.29 is 14.3 Å². The van der Waals surface area contributed by atoms with Gasteiger partial charge in [-0.15, -0.1) is 0 Å². The molecule has 1 atom stereocenters. The van der Waals surface area contributed by atoms with E-state index in [4.69, 9.17) is 9.52 Å². The highest BCUT2D eigenvalue weighted by Gasteiger charge is 2.30. The van der Waals surface area contributed by atoms with Crippen molar-refractivity contribution in [2.24, 2.45) is 0 Å². The zero-order chi connectivity index (χ0) is 10.8. The smallest absolute Gasteiger partial charge is 0.258 e. The molecule has 82 valence electrons. The zero-order valence-electron chi connectivity index (χ0n) is 8.15. The van der Waals surface area contributed by atoms with Crippen molar-refractivity contribution in [3.63, 3.8) is 0 Å². The lowest BCUT2D eigenvalue weighted by molar-refractivity contribution is 0.0675. The number of carbonyl (C=O) groups is 1. The highest BCUT2D eigenvalue weighted by atomic mass is 79.9. The first-order valence-corrected chi connectivity index (χ1v) is 5.68. The summed E-state index contributed by atoms with van der Waals surface area (Å²) in [4.78, 5) is 13.7. The van der Waals surface area contributed by atoms with Crippen molar-refractivity contribution in [1.29, 1.82) is 0 Å². The number of hydrogen-bond acceptors (Lipinski definition) is 3. The van der Waals surface area contributed by atoms with Crippen molar-refractivity contribution in [3.8, 4) is 0 Å². The van der Waals surface area contributed by atoms with E-state index in [1.54, 1.807) is 11.0 Å². The Balaban J connectivity index is 2.18. The molecule has 2 heterocycles. The number of likely N-dealkylation sites (tertiary alicyclic amines) is 1. The van der Waals surface area contributed by atoms with Crippen molar-refractivity contribution in [2.75, 3.05) is 13.2 Å². The van der Waals surface area contributed by atoms with E-state index in [2.05, 4.69) is 15.9 Å². The van der Waals surface area contributed by atoms with E-state index >= 15 is 0 Å². The maximum atomic E-state index is 12.0. The van der Waals surface area contributed by atoms with E-state index in [1.165, 1.54) is 6.26 Å². The first-order chi connectivity index (χ1) is 7.24. The predicted molar refractivity (Wildman–Crippen MR) is 57.6 cm³/mol. The quantitative estimate of drug-likeness (QED) is 0.892. The summed E-state index contributed by atoms with van der Waals surface area (Å²) >= 11 is 3.18. The normalized spacial score (nSPS) is 20.9. The lowest BCUT2D eigenvalue weighted by atomic mass is 10.2. The molecule has 1 aliphatic heterocycles. The van der Waals surface area contributed by atoms with Gasteiger partial charge in [0.15, 0.2) is 4.67 Å². The zero-order valence-corrected chi connectivity index (χ0v) is 9.74. The third-order valence-corrected chi connectivity index (χ3v) is 3.31. The van der Waals surface area contributed by atoms with E-state index in [0.717, 1.165) is 12.8 Å². The topological polar surface area (TPSA) is 53.7 Å². The maximum absolute atomic E-state index is 12.0. The van der Waals surface area contributed by atoms with Gasteiger partial charge in [0.2, 0.25) is 0 Å². The Morgan fingerprint density at radius 3 is 3.13 bits per heavy atom. The third kappa shape index (κ3) is 1.94. The summed E-state index contributed by atoms with van der Waals surface area (Å²) in [5, 5.41) is 9.12. The molecular formula is C10H12BrNO3. The summed E-state index contributed by atoms with van der Waals surface area (Å²) in [6.07, 6.45) is 3.30. The van der Waals surface area contributed by atoms with Gasteiger partial charge < -0.3 is 14.4 Å². The summed E-state index contributed by atoms with van der Waals surface area (Å²) in [5.41, 5.74) is 0.523. The van der Waals surface area contributed by atoms with Crippen LogP contribution in [0.15, 0.2) is 21.4 Å². The molecule has 1 saturated heterocycles. The fraction of sp³-hybridized carbons (Fsp3) is 0.500. The summed E-state index contributed by atoms with van der Waals surface area (Å²) in [6.45, 7) is 0.739. The van der Waals surface area contributed by atoms with Crippen LogP contribution in [-0.2, 0) is 0 Å². The molecule has 5 heteroatoms. The predicted octanol–water partition coefficient (Wildman–Crippen LogP) is 1.64. The Hall–Kier alpha value is -0.810. The minimum atomic E-state index is -0.0767. The Morgan fingerprint density at radius 2 is 2.53 bits per heavy atom. The Labute approximate surface area is 96.0 Å². The van der Waals surface area contributed by atoms with Gasteiger partial charge >= 0.3 is 0 Å². The monoisotopic (exact) mass is 273 g/mol. The van der Waals surface area contributed by atoms with Crippen molar-refractivity contribution in [2.45, 2.75) is 18.9 Å². The highest BCUT2D eigenvalue weighted by Crippen LogP contribution is 2.24. The molecule has 1 N–H and O–H groups in total. The standard InChI is InChI=1S/C10H12BrNO3/c11-9-8(3-5-15-9)10(14)12-4-1-2-7(12)6-13/h3,5,7,13H,1-2,4,6H2/t7-/m1/s1. The molecule has 0 bridgehead atoms. The number of nitrogens with zero attached hydrogens (tertiary/aromatic N) is 1. The lowest BCUT2D eigenvalue weighted by Crippen LogP contribution is -2.37. The van der Waals surface area contributed by atoms with Crippen LogP contribution in [0.25, 0.3) is 0 Å². The summed E-state index contributed by atoms with van der Waals surface area (Å²) in [7, 11) is 0. The molecule has 0 aliphatic carbocycles. The van der Waals surface area contributed by atoms with E-state index in [-0.39, 0.29) is 18.6 Å². The van der Waals surface area contributed by atoms with Crippen LogP contribution in [0.4, 0.5) is 0 Å². The van der Waals surface area contributed by atoms with Crippen LogP contribution < -0.4 is 0 Å². The molecule has 0 aromatic carbocycles. The van der Waals surface area contributed by atoms with Crippen LogP contribution in [0.3, 0.4) is 0 Å². The highest BCUT2D eigenvalue weighted by molar-refractivity contribution is 9.10. The van der Waals surface area contributed by atoms with Crippen LogP contribution >= 0.6 is 15.9 Å². The molecular weight excluding hydrogens is 262 g/mol. The van der Waals surface area contributed by atoms with Crippen LogP contribution in [0, 0.1) is 0 Å². The molecule has 1 aromatic rings. The van der Waals surface area contributed by atoms with Crippen LogP contribution in [0.2, 0.25) is 0 Å². The number of amides is 1. The van der Waals surface area contributed by atoms with E-state index in [9.17, 15) is 4.79 Å². The molecule has 0 spiro atoms. The number of furan rings is 1. The second-order valence-corrected chi connectivity index (χ2v) is 4.31. The van der Waals surface area contributed by atoms with E-state index in [1.807, 2.05) is 0 Å².